The van der Waals surface area contributed by atoms with Crippen LogP contribution >= 0.6 is 23.2 Å². The molecule has 1 aliphatic rings. The Labute approximate surface area is 193 Å². The second kappa shape index (κ2) is 13.8. The number of hydroxylamine groups is 2. The molecule has 0 saturated carbocycles. The van der Waals surface area contributed by atoms with Crippen LogP contribution in [-0.2, 0) is 16.0 Å². The lowest BCUT2D eigenvalue weighted by Crippen LogP contribution is -2.63. The van der Waals surface area contributed by atoms with Crippen molar-refractivity contribution in [3.8, 4) is 0 Å². The van der Waals surface area contributed by atoms with Gasteiger partial charge in [0, 0.05) is 37.1 Å². The number of hydrogen-bond donors (Lipinski definition) is 4. The Morgan fingerprint density at radius 3 is 2.13 bits per heavy atom. The first-order chi connectivity index (χ1) is 15.0. The van der Waals surface area contributed by atoms with E-state index in [0.29, 0.717) is 18.3 Å². The standard InChI is InChI=1S/C21H34Cl2N2O6/c1-30-25(21-20(29)19(28)18(27)17(14-26)31-21)11-3-2-4-15-5-7-16(8-6-15)24(12-9-22)13-10-23/h5-8,17-21,26-29H,2-4,9-14H2,1H3/t17-,18-,19-,20+,21?/m0/s1. The number of aryl methyl sites for hydroxylation is 1. The second-order valence-electron chi connectivity index (χ2n) is 7.53. The van der Waals surface area contributed by atoms with E-state index >= 15 is 0 Å². The quantitative estimate of drug-likeness (QED) is 0.188. The molecule has 1 aromatic rings. The van der Waals surface area contributed by atoms with Crippen LogP contribution in [0, 0.1) is 0 Å². The Morgan fingerprint density at radius 1 is 0.935 bits per heavy atom. The average molecular weight is 481 g/mol. The van der Waals surface area contributed by atoms with Crippen LogP contribution in [-0.4, -0.2) is 101 Å². The third-order valence-corrected chi connectivity index (χ3v) is 5.83. The van der Waals surface area contributed by atoms with Gasteiger partial charge in [-0.3, -0.25) is 4.84 Å². The molecule has 4 N–H and O–H groups in total. The zero-order valence-electron chi connectivity index (χ0n) is 17.8. The van der Waals surface area contributed by atoms with Gasteiger partial charge < -0.3 is 30.1 Å². The Morgan fingerprint density at radius 2 is 1.58 bits per heavy atom. The Kier molecular flexibility index (Phi) is 11.8. The van der Waals surface area contributed by atoms with Gasteiger partial charge >= 0.3 is 0 Å². The fraction of sp³-hybridized carbons (Fsp3) is 0.714. The summed E-state index contributed by atoms with van der Waals surface area (Å²) in [4.78, 5) is 7.48. The fourth-order valence-corrected chi connectivity index (χ4v) is 4.09. The van der Waals surface area contributed by atoms with E-state index in [1.165, 1.54) is 17.7 Å². The minimum absolute atomic E-state index is 0.455. The molecule has 0 spiro atoms. The number of rotatable bonds is 13. The van der Waals surface area contributed by atoms with E-state index in [1.54, 1.807) is 0 Å². The lowest BCUT2D eigenvalue weighted by molar-refractivity contribution is -0.328. The van der Waals surface area contributed by atoms with Gasteiger partial charge in [-0.2, -0.15) is 5.06 Å². The van der Waals surface area contributed by atoms with E-state index in [2.05, 4.69) is 29.2 Å². The van der Waals surface area contributed by atoms with Crippen LogP contribution in [0.4, 0.5) is 5.69 Å². The number of hydrogen-bond acceptors (Lipinski definition) is 8. The molecule has 1 aliphatic heterocycles. The van der Waals surface area contributed by atoms with Crippen molar-refractivity contribution in [1.29, 1.82) is 0 Å². The first-order valence-electron chi connectivity index (χ1n) is 10.5. The smallest absolute Gasteiger partial charge is 0.162 e. The summed E-state index contributed by atoms with van der Waals surface area (Å²) in [5.41, 5.74) is 2.30. The number of aliphatic hydroxyl groups is 4. The number of anilines is 1. The Balaban J connectivity index is 1.84. The van der Waals surface area contributed by atoms with Gasteiger partial charge in [0.05, 0.1) is 13.7 Å². The van der Waals surface area contributed by atoms with Gasteiger partial charge in [0.2, 0.25) is 0 Å². The van der Waals surface area contributed by atoms with Crippen LogP contribution in [0.15, 0.2) is 24.3 Å². The fourth-order valence-electron chi connectivity index (χ4n) is 3.69. The van der Waals surface area contributed by atoms with Gasteiger partial charge in [0.25, 0.3) is 0 Å². The van der Waals surface area contributed by atoms with Crippen LogP contribution in [0.2, 0.25) is 0 Å². The van der Waals surface area contributed by atoms with Crippen molar-refractivity contribution in [1.82, 2.24) is 5.06 Å². The highest BCUT2D eigenvalue weighted by molar-refractivity contribution is 6.18. The van der Waals surface area contributed by atoms with Crippen molar-refractivity contribution in [2.24, 2.45) is 0 Å². The van der Waals surface area contributed by atoms with E-state index in [1.807, 2.05) is 0 Å². The first kappa shape index (κ1) is 26.6. The molecule has 0 bridgehead atoms. The predicted molar refractivity (Wildman–Crippen MR) is 121 cm³/mol. The maximum atomic E-state index is 10.2. The van der Waals surface area contributed by atoms with Crippen molar-refractivity contribution in [2.75, 3.05) is 50.0 Å². The molecule has 178 valence electrons. The van der Waals surface area contributed by atoms with Gasteiger partial charge in [0.15, 0.2) is 6.23 Å². The van der Waals surface area contributed by atoms with Crippen molar-refractivity contribution in [2.45, 2.75) is 49.9 Å². The van der Waals surface area contributed by atoms with Gasteiger partial charge in [-0.05, 0) is 37.0 Å². The molecule has 0 radical (unpaired) electrons. The molecular formula is C21H34Cl2N2O6. The summed E-state index contributed by atoms with van der Waals surface area (Å²) in [6.45, 7) is 1.48. The molecule has 8 nitrogen and oxygen atoms in total. The number of unbranched alkanes of at least 4 members (excludes halogenated alkanes) is 1. The maximum absolute atomic E-state index is 10.2. The van der Waals surface area contributed by atoms with Gasteiger partial charge in [-0.15, -0.1) is 23.2 Å². The summed E-state index contributed by atoms with van der Waals surface area (Å²) in [7, 11) is 1.45. The average Bonchev–Trinajstić information content (AvgIpc) is 2.79. The van der Waals surface area contributed by atoms with Crippen LogP contribution in [0.25, 0.3) is 0 Å². The third-order valence-electron chi connectivity index (χ3n) is 5.49. The summed E-state index contributed by atoms with van der Waals surface area (Å²) in [6, 6.07) is 8.33. The van der Waals surface area contributed by atoms with E-state index < -0.39 is 37.3 Å². The Bertz CT molecular complexity index is 618. The predicted octanol–water partition coefficient (Wildman–Crippen LogP) is 0.957. The lowest BCUT2D eigenvalue weighted by Gasteiger charge is -2.43. The van der Waals surface area contributed by atoms with Gasteiger partial charge in [-0.25, -0.2) is 0 Å². The van der Waals surface area contributed by atoms with E-state index in [9.17, 15) is 20.4 Å². The minimum Gasteiger partial charge on any atom is -0.394 e. The Hall–Kier alpha value is -0.680. The maximum Gasteiger partial charge on any atom is 0.162 e. The third kappa shape index (κ3) is 7.42. The van der Waals surface area contributed by atoms with Crippen molar-refractivity contribution < 1.29 is 30.0 Å². The van der Waals surface area contributed by atoms with Crippen molar-refractivity contribution in [3.05, 3.63) is 29.8 Å². The second-order valence-corrected chi connectivity index (χ2v) is 8.29. The van der Waals surface area contributed by atoms with Crippen molar-refractivity contribution in [3.63, 3.8) is 0 Å². The largest absolute Gasteiger partial charge is 0.394 e. The summed E-state index contributed by atoms with van der Waals surface area (Å²) in [5.74, 6) is 1.09. The summed E-state index contributed by atoms with van der Waals surface area (Å²) in [5, 5.41) is 40.9. The molecule has 5 atom stereocenters. The van der Waals surface area contributed by atoms with Gasteiger partial charge in [-0.1, -0.05) is 12.1 Å². The topological polar surface area (TPSA) is 106 Å². The molecule has 1 saturated heterocycles. The van der Waals surface area contributed by atoms with E-state index in [0.717, 1.165) is 38.0 Å². The molecule has 1 heterocycles. The van der Waals surface area contributed by atoms with Crippen LogP contribution < -0.4 is 4.90 Å². The van der Waals surface area contributed by atoms with Crippen LogP contribution in [0.1, 0.15) is 18.4 Å². The molecule has 0 aromatic heterocycles. The summed E-state index contributed by atoms with van der Waals surface area (Å²) >= 11 is 11.7. The highest BCUT2D eigenvalue weighted by Gasteiger charge is 2.45. The normalized spacial score (nSPS) is 26.4. The van der Waals surface area contributed by atoms with Crippen LogP contribution in [0.3, 0.4) is 0 Å². The minimum atomic E-state index is -1.43. The van der Waals surface area contributed by atoms with Gasteiger partial charge in [0.1, 0.15) is 24.4 Å². The van der Waals surface area contributed by atoms with Crippen molar-refractivity contribution >= 4 is 28.9 Å². The number of halogens is 2. The first-order valence-corrected chi connectivity index (χ1v) is 11.6. The highest BCUT2D eigenvalue weighted by atomic mass is 35.5. The molecular weight excluding hydrogens is 447 g/mol. The molecule has 1 aromatic carbocycles. The monoisotopic (exact) mass is 480 g/mol. The van der Waals surface area contributed by atoms with E-state index in [4.69, 9.17) is 32.8 Å². The molecule has 0 amide bonds. The zero-order valence-corrected chi connectivity index (χ0v) is 19.3. The molecule has 1 unspecified atom stereocenters. The SMILES string of the molecule is CON(CCCCc1ccc(N(CCCl)CCCl)cc1)C1O[C@@H](CO)[C@H](O)[C@H](O)[C@H]1O. The summed E-state index contributed by atoms with van der Waals surface area (Å²) < 4.78 is 5.54. The molecule has 2 rings (SSSR count). The molecule has 10 heteroatoms. The molecule has 31 heavy (non-hydrogen) atoms. The summed E-state index contributed by atoms with van der Waals surface area (Å²) in [6.07, 6.45) is -3.59. The zero-order chi connectivity index (χ0) is 22.8. The van der Waals surface area contributed by atoms with Crippen LogP contribution in [0.5, 0.6) is 0 Å². The van der Waals surface area contributed by atoms with E-state index in [-0.39, 0.29) is 0 Å². The number of benzene rings is 1. The number of aliphatic hydroxyl groups excluding tert-OH is 4. The number of alkyl halides is 2. The number of nitrogens with zero attached hydrogens (tertiary/aromatic N) is 2. The lowest BCUT2D eigenvalue weighted by atomic mass is 9.98. The number of ether oxygens (including phenoxy) is 1. The highest BCUT2D eigenvalue weighted by Crippen LogP contribution is 2.24. The molecule has 0 aliphatic carbocycles. The molecule has 1 fully saturated rings.